The molecule has 2 N–H and O–H groups in total. The molecule has 0 amide bonds. The van der Waals surface area contributed by atoms with Gasteiger partial charge in [0.15, 0.2) is 0 Å². The van der Waals surface area contributed by atoms with E-state index in [2.05, 4.69) is 10.0 Å². The van der Waals surface area contributed by atoms with Gasteiger partial charge in [0.25, 0.3) is 0 Å². The van der Waals surface area contributed by atoms with Crippen molar-refractivity contribution in [2.24, 2.45) is 0 Å². The van der Waals surface area contributed by atoms with E-state index >= 15 is 0 Å². The van der Waals surface area contributed by atoms with Crippen LogP contribution in [0.2, 0.25) is 0 Å². The van der Waals surface area contributed by atoms with E-state index in [9.17, 15) is 8.42 Å². The number of hydrogen-bond acceptors (Lipinski definition) is 5. The van der Waals surface area contributed by atoms with Gasteiger partial charge in [0, 0.05) is 24.7 Å². The van der Waals surface area contributed by atoms with Gasteiger partial charge < -0.3 is 15.0 Å². The van der Waals surface area contributed by atoms with E-state index in [-0.39, 0.29) is 10.9 Å². The highest BCUT2D eigenvalue weighted by atomic mass is 32.2. The molecule has 21 heavy (non-hydrogen) atoms. The Hall–Kier alpha value is -1.15. The number of rotatable bonds is 8. The maximum atomic E-state index is 12.3. The van der Waals surface area contributed by atoms with E-state index in [0.29, 0.717) is 18.8 Å². The van der Waals surface area contributed by atoms with Gasteiger partial charge in [-0.2, -0.15) is 0 Å². The highest BCUT2D eigenvalue weighted by Crippen LogP contribution is 2.22. The zero-order valence-electron chi connectivity index (χ0n) is 13.3. The monoisotopic (exact) mass is 315 g/mol. The molecule has 1 atom stereocenters. The van der Waals surface area contributed by atoms with Crippen LogP contribution in [0.5, 0.6) is 5.75 Å². The summed E-state index contributed by atoms with van der Waals surface area (Å²) in [4.78, 5) is 2.21. The Kier molecular flexibility index (Phi) is 6.60. The number of methoxy groups -OCH3 is 1. The van der Waals surface area contributed by atoms with Crippen LogP contribution in [0, 0.1) is 0 Å². The first-order valence-electron chi connectivity index (χ1n) is 6.79. The lowest BCUT2D eigenvalue weighted by atomic mass is 10.2. The van der Waals surface area contributed by atoms with Crippen molar-refractivity contribution in [3.63, 3.8) is 0 Å². The second kappa shape index (κ2) is 7.74. The lowest BCUT2D eigenvalue weighted by Gasteiger charge is -2.20. The van der Waals surface area contributed by atoms with Crippen LogP contribution >= 0.6 is 0 Å². The maximum absolute atomic E-state index is 12.3. The number of ether oxygens (including phenoxy) is 1. The van der Waals surface area contributed by atoms with Gasteiger partial charge in [-0.25, -0.2) is 13.1 Å². The highest BCUT2D eigenvalue weighted by Gasteiger charge is 2.17. The normalized spacial score (nSPS) is 13.4. The number of likely N-dealkylation sites (N-methyl/N-ethyl adjacent to an activating group) is 1. The summed E-state index contributed by atoms with van der Waals surface area (Å²) in [7, 11) is 3.69. The molecule has 0 saturated carbocycles. The maximum Gasteiger partial charge on any atom is 0.240 e. The Bertz CT molecular complexity index is 559. The van der Waals surface area contributed by atoms with Crippen molar-refractivity contribution in [3.05, 3.63) is 23.8 Å². The summed E-state index contributed by atoms with van der Waals surface area (Å²) in [6, 6.07) is 4.99. The van der Waals surface area contributed by atoms with Crippen LogP contribution in [0.1, 0.15) is 12.5 Å². The standard InChI is InChI=1S/C14H25N3O3S/c1-11(17(3)4)9-16-21(18,19)13-6-7-14(20-5)12(8-13)10-15-2/h6-8,11,15-16H,9-10H2,1-5H3. The molecule has 1 aromatic carbocycles. The molecule has 120 valence electrons. The molecule has 1 aromatic rings. The quantitative estimate of drug-likeness (QED) is 0.737. The third-order valence-electron chi connectivity index (χ3n) is 3.38. The summed E-state index contributed by atoms with van der Waals surface area (Å²) in [5.74, 6) is 0.671. The number of sulfonamides is 1. The number of nitrogens with zero attached hydrogens (tertiary/aromatic N) is 1. The fourth-order valence-corrected chi connectivity index (χ4v) is 2.92. The summed E-state index contributed by atoms with van der Waals surface area (Å²) in [5, 5.41) is 3.00. The van der Waals surface area contributed by atoms with Gasteiger partial charge in [-0.1, -0.05) is 0 Å². The van der Waals surface area contributed by atoms with Crippen LogP contribution in [-0.2, 0) is 16.6 Å². The Morgan fingerprint density at radius 1 is 1.33 bits per heavy atom. The minimum absolute atomic E-state index is 0.120. The van der Waals surface area contributed by atoms with Crippen LogP contribution < -0.4 is 14.8 Å². The predicted octanol–water partition coefficient (Wildman–Crippen LogP) is 0.643. The summed E-state index contributed by atoms with van der Waals surface area (Å²) < 4.78 is 32.5. The second-order valence-electron chi connectivity index (χ2n) is 5.17. The van der Waals surface area contributed by atoms with Crippen LogP contribution in [0.25, 0.3) is 0 Å². The lowest BCUT2D eigenvalue weighted by Crippen LogP contribution is -2.38. The average Bonchev–Trinajstić information content (AvgIpc) is 2.45. The molecule has 0 bridgehead atoms. The highest BCUT2D eigenvalue weighted by molar-refractivity contribution is 7.89. The molecule has 0 aliphatic heterocycles. The second-order valence-corrected chi connectivity index (χ2v) is 6.94. The third kappa shape index (κ3) is 4.96. The van der Waals surface area contributed by atoms with Gasteiger partial charge in [-0.05, 0) is 46.3 Å². The molecule has 0 aromatic heterocycles. The molecule has 0 saturated heterocycles. The number of benzene rings is 1. The smallest absolute Gasteiger partial charge is 0.240 e. The van der Waals surface area contributed by atoms with Crippen molar-refractivity contribution in [1.29, 1.82) is 0 Å². The van der Waals surface area contributed by atoms with Crippen LogP contribution in [0.3, 0.4) is 0 Å². The van der Waals surface area contributed by atoms with E-state index in [1.807, 2.05) is 25.9 Å². The minimum atomic E-state index is -3.51. The molecule has 0 fully saturated rings. The largest absolute Gasteiger partial charge is 0.496 e. The van der Waals surface area contributed by atoms with E-state index in [0.717, 1.165) is 5.56 Å². The third-order valence-corrected chi connectivity index (χ3v) is 4.80. The molecule has 7 heteroatoms. The Labute approximate surface area is 127 Å². The predicted molar refractivity (Wildman–Crippen MR) is 84.1 cm³/mol. The van der Waals surface area contributed by atoms with Crippen molar-refractivity contribution >= 4 is 10.0 Å². The van der Waals surface area contributed by atoms with Crippen molar-refractivity contribution < 1.29 is 13.2 Å². The molecular formula is C14H25N3O3S. The van der Waals surface area contributed by atoms with E-state index in [4.69, 9.17) is 4.74 Å². The first-order valence-corrected chi connectivity index (χ1v) is 8.27. The van der Waals surface area contributed by atoms with Gasteiger partial charge in [0.2, 0.25) is 10.0 Å². The Morgan fingerprint density at radius 2 is 2.00 bits per heavy atom. The molecule has 0 spiro atoms. The average molecular weight is 315 g/mol. The molecular weight excluding hydrogens is 290 g/mol. The summed E-state index contributed by atoms with van der Waals surface area (Å²) in [6.07, 6.45) is 0. The minimum Gasteiger partial charge on any atom is -0.496 e. The SMILES string of the molecule is CNCc1cc(S(=O)(=O)NCC(C)N(C)C)ccc1OC. The molecule has 0 heterocycles. The molecule has 1 unspecified atom stereocenters. The zero-order chi connectivity index (χ0) is 16.0. The van der Waals surface area contributed by atoms with E-state index < -0.39 is 10.0 Å². The topological polar surface area (TPSA) is 70.7 Å². The van der Waals surface area contributed by atoms with Crippen molar-refractivity contribution in [2.75, 3.05) is 34.8 Å². The first kappa shape index (κ1) is 17.9. The van der Waals surface area contributed by atoms with Crippen molar-refractivity contribution in [3.8, 4) is 5.75 Å². The van der Waals surface area contributed by atoms with Crippen molar-refractivity contribution in [2.45, 2.75) is 24.4 Å². The van der Waals surface area contributed by atoms with Gasteiger partial charge in [0.1, 0.15) is 5.75 Å². The Balaban J connectivity index is 2.95. The molecule has 0 aliphatic rings. The summed E-state index contributed by atoms with van der Waals surface area (Å²) in [6.45, 7) is 2.87. The number of nitrogens with one attached hydrogen (secondary N) is 2. The summed E-state index contributed by atoms with van der Waals surface area (Å²) >= 11 is 0. The molecule has 6 nitrogen and oxygen atoms in total. The fourth-order valence-electron chi connectivity index (χ4n) is 1.75. The zero-order valence-corrected chi connectivity index (χ0v) is 14.1. The molecule has 0 aliphatic carbocycles. The fraction of sp³-hybridized carbons (Fsp3) is 0.571. The van der Waals surface area contributed by atoms with Crippen molar-refractivity contribution in [1.82, 2.24) is 14.9 Å². The number of hydrogen-bond donors (Lipinski definition) is 2. The van der Waals surface area contributed by atoms with E-state index in [1.54, 1.807) is 32.4 Å². The lowest BCUT2D eigenvalue weighted by molar-refractivity contribution is 0.314. The van der Waals surface area contributed by atoms with Gasteiger partial charge >= 0.3 is 0 Å². The molecule has 0 radical (unpaired) electrons. The molecule has 1 rings (SSSR count). The van der Waals surface area contributed by atoms with Crippen LogP contribution in [-0.4, -0.2) is 54.2 Å². The summed E-state index contributed by atoms with van der Waals surface area (Å²) in [5.41, 5.74) is 0.809. The van der Waals surface area contributed by atoms with E-state index in [1.165, 1.54) is 0 Å². The van der Waals surface area contributed by atoms with Gasteiger partial charge in [0.05, 0.1) is 12.0 Å². The van der Waals surface area contributed by atoms with Crippen LogP contribution in [0.4, 0.5) is 0 Å². The Morgan fingerprint density at radius 3 is 2.52 bits per heavy atom. The first-order chi connectivity index (χ1) is 9.81. The van der Waals surface area contributed by atoms with Gasteiger partial charge in [-0.15, -0.1) is 0 Å². The van der Waals surface area contributed by atoms with Gasteiger partial charge in [-0.3, -0.25) is 0 Å². The van der Waals surface area contributed by atoms with Crippen LogP contribution in [0.15, 0.2) is 23.1 Å².